The number of aliphatic imine (C=N–C) groups is 1. The Kier molecular flexibility index (Phi) is 2.90. The molecule has 2 N–H and O–H groups in total. The number of carbonyl (C=O) groups is 1. The van der Waals surface area contributed by atoms with Crippen molar-refractivity contribution in [3.63, 3.8) is 0 Å². The van der Waals surface area contributed by atoms with E-state index in [9.17, 15) is 4.79 Å². The van der Waals surface area contributed by atoms with Crippen molar-refractivity contribution in [2.75, 3.05) is 12.3 Å². The van der Waals surface area contributed by atoms with E-state index in [1.54, 1.807) is 0 Å². The molecule has 0 aliphatic carbocycles. The van der Waals surface area contributed by atoms with Crippen molar-refractivity contribution in [3.8, 4) is 0 Å². The number of hydrogen-bond acceptors (Lipinski definition) is 3. The van der Waals surface area contributed by atoms with E-state index in [-0.39, 0.29) is 11.6 Å². The van der Waals surface area contributed by atoms with Crippen LogP contribution < -0.4 is 5.73 Å². The smallest absolute Gasteiger partial charge is 0.346 e. The van der Waals surface area contributed by atoms with Gasteiger partial charge in [-0.15, -0.1) is 0 Å². The molecular formula is C11H19N3OS. The normalized spacial score (nSPS) is 34.2. The summed E-state index contributed by atoms with van der Waals surface area (Å²) in [5.74, 6) is 1.86. The van der Waals surface area contributed by atoms with Crippen LogP contribution in [0.2, 0.25) is 0 Å². The number of amides is 2. The lowest BCUT2D eigenvalue weighted by molar-refractivity contribution is 0.168. The molecule has 4 nitrogen and oxygen atoms in total. The second-order valence-corrected chi connectivity index (χ2v) is 6.57. The molecule has 2 heterocycles. The van der Waals surface area contributed by atoms with Crippen LogP contribution in [-0.2, 0) is 0 Å². The molecule has 0 saturated carbocycles. The van der Waals surface area contributed by atoms with E-state index in [1.165, 1.54) is 0 Å². The zero-order valence-electron chi connectivity index (χ0n) is 10.1. The average Bonchev–Trinajstić information content (AvgIpc) is 2.65. The van der Waals surface area contributed by atoms with Gasteiger partial charge in [0, 0.05) is 17.5 Å². The third-order valence-corrected chi connectivity index (χ3v) is 4.60. The number of amidine groups is 1. The topological polar surface area (TPSA) is 58.7 Å². The fourth-order valence-electron chi connectivity index (χ4n) is 2.45. The second kappa shape index (κ2) is 3.95. The fourth-order valence-corrected chi connectivity index (χ4v) is 3.82. The molecule has 0 aromatic heterocycles. The van der Waals surface area contributed by atoms with E-state index in [2.05, 4.69) is 25.8 Å². The predicted molar refractivity (Wildman–Crippen MR) is 67.8 cm³/mol. The highest BCUT2D eigenvalue weighted by atomic mass is 32.2. The summed E-state index contributed by atoms with van der Waals surface area (Å²) in [5, 5.41) is 0.550. The Bertz CT molecular complexity index is 342. The summed E-state index contributed by atoms with van der Waals surface area (Å²) < 4.78 is 0. The van der Waals surface area contributed by atoms with Gasteiger partial charge in [-0.1, -0.05) is 20.8 Å². The molecule has 1 spiro atoms. The van der Waals surface area contributed by atoms with Crippen LogP contribution in [0, 0.1) is 5.92 Å². The van der Waals surface area contributed by atoms with Gasteiger partial charge in [0.15, 0.2) is 0 Å². The van der Waals surface area contributed by atoms with Crippen molar-refractivity contribution in [1.29, 1.82) is 0 Å². The standard InChI is InChI=1S/C11H19N3OS/c1-7(2)5-14-10(15)13-9(12)11(14)4-8(3)16-6-11/h7-8H,4-6H2,1-3H3,(H2,12,13,15). The quantitative estimate of drug-likeness (QED) is 0.800. The Morgan fingerprint density at radius 3 is 2.88 bits per heavy atom. The minimum Gasteiger partial charge on any atom is -0.385 e. The zero-order chi connectivity index (χ0) is 11.9. The maximum Gasteiger partial charge on any atom is 0.346 e. The number of carbonyl (C=O) groups excluding carboxylic acids is 1. The van der Waals surface area contributed by atoms with E-state index < -0.39 is 0 Å². The molecule has 16 heavy (non-hydrogen) atoms. The summed E-state index contributed by atoms with van der Waals surface area (Å²) in [6.45, 7) is 7.15. The molecule has 2 atom stereocenters. The molecule has 0 radical (unpaired) electrons. The van der Waals surface area contributed by atoms with Gasteiger partial charge in [0.2, 0.25) is 0 Å². The minimum absolute atomic E-state index is 0.152. The van der Waals surface area contributed by atoms with Crippen LogP contribution in [0.1, 0.15) is 27.2 Å². The molecule has 2 aliphatic rings. The van der Waals surface area contributed by atoms with Crippen LogP contribution in [0.25, 0.3) is 0 Å². The number of urea groups is 1. The summed E-state index contributed by atoms with van der Waals surface area (Å²) in [4.78, 5) is 17.7. The number of nitrogens with two attached hydrogens (primary N) is 1. The molecule has 2 rings (SSSR count). The highest BCUT2D eigenvalue weighted by molar-refractivity contribution is 8.00. The van der Waals surface area contributed by atoms with Crippen molar-refractivity contribution in [1.82, 2.24) is 4.90 Å². The molecule has 90 valence electrons. The van der Waals surface area contributed by atoms with E-state index in [0.29, 0.717) is 17.0 Å². The molecule has 0 aromatic carbocycles. The van der Waals surface area contributed by atoms with Crippen LogP contribution in [0.15, 0.2) is 4.99 Å². The first-order valence-electron chi connectivity index (χ1n) is 5.73. The van der Waals surface area contributed by atoms with Crippen LogP contribution in [0.3, 0.4) is 0 Å². The van der Waals surface area contributed by atoms with Crippen molar-refractivity contribution in [3.05, 3.63) is 0 Å². The molecule has 5 heteroatoms. The Labute approximate surface area is 101 Å². The number of thioether (sulfide) groups is 1. The van der Waals surface area contributed by atoms with E-state index in [0.717, 1.165) is 18.7 Å². The summed E-state index contributed by atoms with van der Waals surface area (Å²) in [6, 6.07) is -0.152. The van der Waals surface area contributed by atoms with Crippen molar-refractivity contribution in [2.24, 2.45) is 16.6 Å². The van der Waals surface area contributed by atoms with Gasteiger partial charge in [-0.2, -0.15) is 16.8 Å². The Balaban J connectivity index is 2.26. The molecule has 2 amide bonds. The molecule has 1 fully saturated rings. The van der Waals surface area contributed by atoms with Gasteiger partial charge >= 0.3 is 6.03 Å². The van der Waals surface area contributed by atoms with E-state index >= 15 is 0 Å². The van der Waals surface area contributed by atoms with Crippen LogP contribution in [0.4, 0.5) is 4.79 Å². The second-order valence-electron chi connectivity index (χ2n) is 5.14. The maximum atomic E-state index is 11.8. The third kappa shape index (κ3) is 1.71. The van der Waals surface area contributed by atoms with Gasteiger partial charge in [0.1, 0.15) is 11.4 Å². The Morgan fingerprint density at radius 1 is 1.69 bits per heavy atom. The summed E-state index contributed by atoms with van der Waals surface area (Å²) in [5.41, 5.74) is 5.68. The maximum absolute atomic E-state index is 11.8. The van der Waals surface area contributed by atoms with E-state index in [1.807, 2.05) is 16.7 Å². The lowest BCUT2D eigenvalue weighted by atomic mass is 9.93. The molecule has 1 saturated heterocycles. The van der Waals surface area contributed by atoms with Gasteiger partial charge in [-0.05, 0) is 12.3 Å². The number of nitrogens with zero attached hydrogens (tertiary/aromatic N) is 2. The monoisotopic (exact) mass is 241 g/mol. The Morgan fingerprint density at radius 2 is 2.38 bits per heavy atom. The fraction of sp³-hybridized carbons (Fsp3) is 0.818. The van der Waals surface area contributed by atoms with Gasteiger partial charge in [-0.3, -0.25) is 0 Å². The molecule has 2 aliphatic heterocycles. The average molecular weight is 241 g/mol. The van der Waals surface area contributed by atoms with E-state index in [4.69, 9.17) is 5.73 Å². The van der Waals surface area contributed by atoms with Crippen molar-refractivity contribution < 1.29 is 4.79 Å². The van der Waals surface area contributed by atoms with Gasteiger partial charge in [-0.25, -0.2) is 4.79 Å². The predicted octanol–water partition coefficient (Wildman–Crippen LogP) is 1.70. The van der Waals surface area contributed by atoms with Crippen LogP contribution in [0.5, 0.6) is 0 Å². The van der Waals surface area contributed by atoms with Crippen molar-refractivity contribution in [2.45, 2.75) is 38.0 Å². The van der Waals surface area contributed by atoms with Gasteiger partial charge < -0.3 is 10.6 Å². The lowest BCUT2D eigenvalue weighted by Gasteiger charge is -2.35. The Hall–Kier alpha value is -0.710. The SMILES string of the molecule is CC(C)CN1C(=O)N=C(N)C12CSC(C)C2. The molecule has 2 unspecified atom stereocenters. The summed E-state index contributed by atoms with van der Waals surface area (Å²) >= 11 is 1.88. The number of rotatable bonds is 2. The van der Waals surface area contributed by atoms with Crippen LogP contribution in [-0.4, -0.2) is 39.9 Å². The number of hydrogen-bond donors (Lipinski definition) is 1. The first-order chi connectivity index (χ1) is 7.45. The summed E-state index contributed by atoms with van der Waals surface area (Å²) in [7, 11) is 0. The zero-order valence-corrected chi connectivity index (χ0v) is 10.9. The molecule has 0 bridgehead atoms. The molecular weight excluding hydrogens is 222 g/mol. The van der Waals surface area contributed by atoms with Gasteiger partial charge in [0.05, 0.1) is 0 Å². The highest BCUT2D eigenvalue weighted by Gasteiger charge is 2.52. The summed E-state index contributed by atoms with van der Waals surface area (Å²) in [6.07, 6.45) is 0.936. The van der Waals surface area contributed by atoms with Gasteiger partial charge in [0.25, 0.3) is 0 Å². The first-order valence-corrected chi connectivity index (χ1v) is 6.78. The first kappa shape index (κ1) is 11.8. The highest BCUT2D eigenvalue weighted by Crippen LogP contribution is 2.41. The molecule has 0 aromatic rings. The largest absolute Gasteiger partial charge is 0.385 e. The van der Waals surface area contributed by atoms with Crippen molar-refractivity contribution >= 4 is 23.6 Å². The minimum atomic E-state index is -0.286. The third-order valence-electron chi connectivity index (χ3n) is 3.22. The lowest BCUT2D eigenvalue weighted by Crippen LogP contribution is -2.55. The van der Waals surface area contributed by atoms with Crippen LogP contribution >= 0.6 is 11.8 Å².